The Balaban J connectivity index is 1.88. The van der Waals surface area contributed by atoms with E-state index in [0.717, 1.165) is 40.0 Å². The normalized spacial score (nSPS) is 15.7. The SMILES string of the molecule is CN(CCn1c(=S)[nH]c2c(Cl)cccc21)C1CC1. The van der Waals surface area contributed by atoms with Gasteiger partial charge in [-0.15, -0.1) is 0 Å². The van der Waals surface area contributed by atoms with Gasteiger partial charge in [0.1, 0.15) is 0 Å². The number of imidazole rings is 1. The van der Waals surface area contributed by atoms with Gasteiger partial charge in [0.2, 0.25) is 0 Å². The van der Waals surface area contributed by atoms with Crippen molar-refractivity contribution < 1.29 is 0 Å². The number of nitrogens with one attached hydrogen (secondary N) is 1. The van der Waals surface area contributed by atoms with E-state index in [9.17, 15) is 0 Å². The smallest absolute Gasteiger partial charge is 0.178 e. The summed E-state index contributed by atoms with van der Waals surface area (Å²) in [5, 5.41) is 0.730. The molecule has 1 aromatic heterocycles. The van der Waals surface area contributed by atoms with Crippen LogP contribution in [0.5, 0.6) is 0 Å². The predicted molar refractivity (Wildman–Crippen MR) is 77.8 cm³/mol. The molecule has 1 aliphatic rings. The standard InChI is InChI=1S/C13H16ClN3S/c1-16(9-5-6-9)7-8-17-11-4-2-3-10(14)12(11)15-13(17)18/h2-4,9H,5-8H2,1H3,(H,15,18). The first-order valence-corrected chi connectivity index (χ1v) is 7.02. The zero-order chi connectivity index (χ0) is 12.7. The molecular weight excluding hydrogens is 266 g/mol. The molecular formula is C13H16ClN3S. The van der Waals surface area contributed by atoms with Crippen LogP contribution < -0.4 is 0 Å². The van der Waals surface area contributed by atoms with Crippen molar-refractivity contribution in [3.05, 3.63) is 28.0 Å². The van der Waals surface area contributed by atoms with Crippen molar-refractivity contribution in [3.8, 4) is 0 Å². The highest BCUT2D eigenvalue weighted by molar-refractivity contribution is 7.71. The van der Waals surface area contributed by atoms with Gasteiger partial charge in [0.05, 0.1) is 16.1 Å². The summed E-state index contributed by atoms with van der Waals surface area (Å²) in [5.74, 6) is 0. The van der Waals surface area contributed by atoms with Gasteiger partial charge in [-0.05, 0) is 44.2 Å². The number of fused-ring (bicyclic) bond motifs is 1. The Morgan fingerprint density at radius 1 is 1.50 bits per heavy atom. The summed E-state index contributed by atoms with van der Waals surface area (Å²) in [6, 6.07) is 6.70. The lowest BCUT2D eigenvalue weighted by molar-refractivity contribution is 0.310. The first-order valence-electron chi connectivity index (χ1n) is 6.24. The average Bonchev–Trinajstić information content (AvgIpc) is 3.13. The number of halogens is 1. The third-order valence-electron chi connectivity index (χ3n) is 3.61. The number of aromatic amines is 1. The fourth-order valence-electron chi connectivity index (χ4n) is 2.32. The van der Waals surface area contributed by atoms with Crippen molar-refractivity contribution >= 4 is 34.9 Å². The van der Waals surface area contributed by atoms with Crippen LogP contribution in [0.4, 0.5) is 0 Å². The lowest BCUT2D eigenvalue weighted by Gasteiger charge is -2.16. The Kier molecular flexibility index (Phi) is 3.18. The van der Waals surface area contributed by atoms with Gasteiger partial charge >= 0.3 is 0 Å². The lowest BCUT2D eigenvalue weighted by atomic mass is 10.3. The molecule has 3 rings (SSSR count). The number of rotatable bonds is 4. The zero-order valence-electron chi connectivity index (χ0n) is 10.3. The highest BCUT2D eigenvalue weighted by Gasteiger charge is 2.25. The van der Waals surface area contributed by atoms with E-state index in [-0.39, 0.29) is 0 Å². The molecule has 0 unspecified atom stereocenters. The van der Waals surface area contributed by atoms with Crippen LogP contribution in [0.1, 0.15) is 12.8 Å². The second kappa shape index (κ2) is 4.68. The third-order valence-corrected chi connectivity index (χ3v) is 4.24. The minimum Gasteiger partial charge on any atom is -0.329 e. The molecule has 0 aliphatic heterocycles. The first-order chi connectivity index (χ1) is 8.66. The third kappa shape index (κ3) is 2.20. The summed E-state index contributed by atoms with van der Waals surface area (Å²) < 4.78 is 2.89. The van der Waals surface area contributed by atoms with Gasteiger partial charge < -0.3 is 14.5 Å². The summed E-state index contributed by atoms with van der Waals surface area (Å²) in [6.07, 6.45) is 2.67. The Morgan fingerprint density at radius 2 is 2.28 bits per heavy atom. The van der Waals surface area contributed by atoms with Crippen molar-refractivity contribution in [1.82, 2.24) is 14.5 Å². The van der Waals surface area contributed by atoms with Gasteiger partial charge in [-0.1, -0.05) is 17.7 Å². The number of aromatic nitrogens is 2. The Hall–Kier alpha value is -0.840. The predicted octanol–water partition coefficient (Wildman–Crippen LogP) is 3.45. The van der Waals surface area contributed by atoms with Crippen LogP contribution >= 0.6 is 23.8 Å². The number of H-pyrrole nitrogens is 1. The van der Waals surface area contributed by atoms with E-state index < -0.39 is 0 Å². The number of hydrogen-bond acceptors (Lipinski definition) is 2. The van der Waals surface area contributed by atoms with Crippen molar-refractivity contribution in [2.24, 2.45) is 0 Å². The molecule has 0 spiro atoms. The molecule has 1 saturated carbocycles. The van der Waals surface area contributed by atoms with Crippen LogP contribution in [0.15, 0.2) is 18.2 Å². The highest BCUT2D eigenvalue weighted by Crippen LogP contribution is 2.26. The van der Waals surface area contributed by atoms with Crippen LogP contribution in [-0.4, -0.2) is 34.1 Å². The molecule has 1 N–H and O–H groups in total. The number of likely N-dealkylation sites (N-methyl/N-ethyl adjacent to an activating group) is 1. The minimum atomic E-state index is 0.730. The van der Waals surface area contributed by atoms with Gasteiger partial charge in [-0.3, -0.25) is 0 Å². The number of nitrogens with zero attached hydrogens (tertiary/aromatic N) is 2. The van der Waals surface area contributed by atoms with Crippen molar-refractivity contribution in [2.75, 3.05) is 13.6 Å². The maximum absolute atomic E-state index is 6.16. The molecule has 96 valence electrons. The van der Waals surface area contributed by atoms with E-state index in [1.54, 1.807) is 0 Å². The second-order valence-corrected chi connectivity index (χ2v) is 5.72. The summed E-state index contributed by atoms with van der Waals surface area (Å²) in [6.45, 7) is 1.94. The van der Waals surface area contributed by atoms with Crippen molar-refractivity contribution in [2.45, 2.75) is 25.4 Å². The molecule has 18 heavy (non-hydrogen) atoms. The van der Waals surface area contributed by atoms with Gasteiger partial charge in [0, 0.05) is 19.1 Å². The van der Waals surface area contributed by atoms with Crippen molar-refractivity contribution in [1.29, 1.82) is 0 Å². The van der Waals surface area contributed by atoms with E-state index in [1.807, 2.05) is 12.1 Å². The van der Waals surface area contributed by atoms with Crippen LogP contribution in [0.3, 0.4) is 0 Å². The number of hydrogen-bond donors (Lipinski definition) is 1. The molecule has 3 nitrogen and oxygen atoms in total. The molecule has 1 fully saturated rings. The summed E-state index contributed by atoms with van der Waals surface area (Å²) in [7, 11) is 2.18. The van der Waals surface area contributed by atoms with Crippen molar-refractivity contribution in [3.63, 3.8) is 0 Å². The van der Waals surface area contributed by atoms with Crippen LogP contribution in [0, 0.1) is 4.77 Å². The van der Waals surface area contributed by atoms with E-state index in [4.69, 9.17) is 23.8 Å². The van der Waals surface area contributed by atoms with Gasteiger partial charge in [-0.2, -0.15) is 0 Å². The lowest BCUT2D eigenvalue weighted by Crippen LogP contribution is -2.25. The maximum atomic E-state index is 6.16. The molecule has 1 heterocycles. The molecule has 2 aromatic rings. The maximum Gasteiger partial charge on any atom is 0.178 e. The molecule has 5 heteroatoms. The van der Waals surface area contributed by atoms with E-state index >= 15 is 0 Å². The summed E-state index contributed by atoms with van der Waals surface area (Å²) in [4.78, 5) is 5.60. The average molecular weight is 282 g/mol. The van der Waals surface area contributed by atoms with Gasteiger partial charge in [-0.25, -0.2) is 0 Å². The number of para-hydroxylation sites is 1. The molecule has 0 radical (unpaired) electrons. The first kappa shape index (κ1) is 12.2. The van der Waals surface area contributed by atoms with E-state index in [1.165, 1.54) is 12.8 Å². The Labute approximate surface area is 116 Å². The molecule has 1 aromatic carbocycles. The highest BCUT2D eigenvalue weighted by atomic mass is 35.5. The fourth-order valence-corrected chi connectivity index (χ4v) is 2.83. The summed E-state index contributed by atoms with van der Waals surface area (Å²) >= 11 is 11.5. The molecule has 0 atom stereocenters. The van der Waals surface area contributed by atoms with Crippen LogP contribution in [0.2, 0.25) is 5.02 Å². The Bertz CT molecular complexity index is 627. The van der Waals surface area contributed by atoms with Gasteiger partial charge in [0.15, 0.2) is 4.77 Å². The number of benzene rings is 1. The molecule has 1 aliphatic carbocycles. The molecule has 0 bridgehead atoms. The largest absolute Gasteiger partial charge is 0.329 e. The zero-order valence-corrected chi connectivity index (χ0v) is 11.9. The summed E-state index contributed by atoms with van der Waals surface area (Å²) in [5.41, 5.74) is 2.04. The molecule has 0 amide bonds. The van der Waals surface area contributed by atoms with Crippen LogP contribution in [-0.2, 0) is 6.54 Å². The van der Waals surface area contributed by atoms with Gasteiger partial charge in [0.25, 0.3) is 0 Å². The second-order valence-electron chi connectivity index (χ2n) is 4.93. The topological polar surface area (TPSA) is 24.0 Å². The molecule has 0 saturated heterocycles. The fraction of sp³-hybridized carbons (Fsp3) is 0.462. The monoisotopic (exact) mass is 281 g/mol. The van der Waals surface area contributed by atoms with E-state index in [0.29, 0.717) is 0 Å². The van der Waals surface area contributed by atoms with Crippen LogP contribution in [0.25, 0.3) is 11.0 Å². The quantitative estimate of drug-likeness (QED) is 0.868. The Morgan fingerprint density at radius 3 is 3.00 bits per heavy atom. The van der Waals surface area contributed by atoms with E-state index in [2.05, 4.69) is 27.6 Å². The minimum absolute atomic E-state index is 0.730.